The molecule has 0 saturated heterocycles. The third-order valence-electron chi connectivity index (χ3n) is 3.09. The number of nitrogens with zero attached hydrogens (tertiary/aromatic N) is 4. The number of hydrogen-bond donors (Lipinski definition) is 2. The van der Waals surface area contributed by atoms with Crippen LogP contribution in [0.25, 0.3) is 0 Å². The van der Waals surface area contributed by atoms with Crippen molar-refractivity contribution in [2.24, 2.45) is 0 Å². The Kier molecular flexibility index (Phi) is 4.81. The first-order valence-electron chi connectivity index (χ1n) is 6.83. The molecule has 22 heavy (non-hydrogen) atoms. The number of amides is 2. The minimum atomic E-state index is -0.440. The van der Waals surface area contributed by atoms with Gasteiger partial charge in [0.2, 0.25) is 0 Å². The van der Waals surface area contributed by atoms with E-state index in [9.17, 15) is 9.59 Å². The van der Waals surface area contributed by atoms with Gasteiger partial charge in [-0.25, -0.2) is 0 Å². The predicted octanol–water partition coefficient (Wildman–Crippen LogP) is 1.38. The number of halogens is 1. The van der Waals surface area contributed by atoms with E-state index >= 15 is 0 Å². The van der Waals surface area contributed by atoms with Crippen LogP contribution >= 0.6 is 11.6 Å². The number of nitrogens with one attached hydrogen (secondary N) is 2. The summed E-state index contributed by atoms with van der Waals surface area (Å²) < 4.78 is 3.06. The summed E-state index contributed by atoms with van der Waals surface area (Å²) in [7, 11) is 1.50. The van der Waals surface area contributed by atoms with Crippen LogP contribution in [0, 0.1) is 0 Å². The van der Waals surface area contributed by atoms with Crippen molar-refractivity contribution in [2.45, 2.75) is 26.9 Å². The number of anilines is 1. The van der Waals surface area contributed by atoms with E-state index in [2.05, 4.69) is 20.8 Å². The van der Waals surface area contributed by atoms with Crippen LogP contribution in [-0.2, 0) is 13.1 Å². The molecule has 0 unspecified atom stereocenters. The highest BCUT2D eigenvalue weighted by atomic mass is 35.5. The lowest BCUT2D eigenvalue weighted by atomic mass is 10.3. The Labute approximate surface area is 132 Å². The fourth-order valence-electron chi connectivity index (χ4n) is 1.97. The molecule has 0 atom stereocenters. The SMILES string of the molecule is CCn1cc(NC(=O)c2c(Cl)cnn2CC)c(C(=O)NC)n1. The standard InChI is InChI=1S/C13H17ClN6O2/c1-4-19-7-9(10(18-19)12(21)15-3)17-13(22)11-8(14)6-16-20(11)5-2/h6-7H,4-5H2,1-3H3,(H,15,21)(H,17,22). The Morgan fingerprint density at radius 2 is 2.00 bits per heavy atom. The van der Waals surface area contributed by atoms with Gasteiger partial charge in [-0.1, -0.05) is 11.6 Å². The third kappa shape index (κ3) is 2.96. The number of rotatable bonds is 5. The Balaban J connectivity index is 2.33. The molecule has 2 N–H and O–H groups in total. The monoisotopic (exact) mass is 324 g/mol. The van der Waals surface area contributed by atoms with E-state index in [1.165, 1.54) is 17.9 Å². The molecule has 0 spiro atoms. The van der Waals surface area contributed by atoms with Crippen LogP contribution in [-0.4, -0.2) is 38.4 Å². The van der Waals surface area contributed by atoms with Gasteiger partial charge < -0.3 is 10.6 Å². The van der Waals surface area contributed by atoms with Crippen molar-refractivity contribution >= 4 is 29.1 Å². The van der Waals surface area contributed by atoms with Crippen LogP contribution in [0.4, 0.5) is 5.69 Å². The van der Waals surface area contributed by atoms with Crippen molar-refractivity contribution in [2.75, 3.05) is 12.4 Å². The Hall–Kier alpha value is -2.35. The van der Waals surface area contributed by atoms with E-state index in [0.717, 1.165) is 0 Å². The molecule has 0 radical (unpaired) electrons. The lowest BCUT2D eigenvalue weighted by Crippen LogP contribution is -2.23. The minimum absolute atomic E-state index is 0.149. The molecule has 0 aliphatic rings. The first-order valence-corrected chi connectivity index (χ1v) is 7.21. The van der Waals surface area contributed by atoms with Gasteiger partial charge in [0.1, 0.15) is 5.69 Å². The molecule has 118 valence electrons. The normalized spacial score (nSPS) is 10.5. The topological polar surface area (TPSA) is 93.8 Å². The summed E-state index contributed by atoms with van der Waals surface area (Å²) >= 11 is 6.00. The fourth-order valence-corrected chi connectivity index (χ4v) is 2.20. The smallest absolute Gasteiger partial charge is 0.275 e. The van der Waals surface area contributed by atoms with Crippen LogP contribution in [0.2, 0.25) is 5.02 Å². The van der Waals surface area contributed by atoms with E-state index < -0.39 is 5.91 Å². The molecule has 0 aliphatic carbocycles. The largest absolute Gasteiger partial charge is 0.354 e. The van der Waals surface area contributed by atoms with E-state index in [4.69, 9.17) is 11.6 Å². The highest BCUT2D eigenvalue weighted by Crippen LogP contribution is 2.19. The number of hydrogen-bond acceptors (Lipinski definition) is 4. The molecule has 2 heterocycles. The van der Waals surface area contributed by atoms with Crippen LogP contribution in [0.1, 0.15) is 34.8 Å². The van der Waals surface area contributed by atoms with Gasteiger partial charge in [0.15, 0.2) is 5.69 Å². The highest BCUT2D eigenvalue weighted by Gasteiger charge is 2.21. The maximum absolute atomic E-state index is 12.4. The van der Waals surface area contributed by atoms with Crippen molar-refractivity contribution in [3.05, 3.63) is 28.8 Å². The summed E-state index contributed by atoms with van der Waals surface area (Å²) in [6.45, 7) is 4.82. The first kappa shape index (κ1) is 16.0. The average Bonchev–Trinajstić information content (AvgIpc) is 3.09. The molecule has 2 aromatic rings. The molecular formula is C13H17ClN6O2. The van der Waals surface area contributed by atoms with Gasteiger partial charge in [0.25, 0.3) is 11.8 Å². The van der Waals surface area contributed by atoms with Gasteiger partial charge in [-0.15, -0.1) is 0 Å². The first-order chi connectivity index (χ1) is 10.5. The summed E-state index contributed by atoms with van der Waals surface area (Å²) in [5, 5.41) is 13.6. The quantitative estimate of drug-likeness (QED) is 0.869. The molecular weight excluding hydrogens is 308 g/mol. The average molecular weight is 325 g/mol. The third-order valence-corrected chi connectivity index (χ3v) is 3.36. The summed E-state index contributed by atoms with van der Waals surface area (Å²) in [6, 6.07) is 0. The number of aryl methyl sites for hydroxylation is 2. The van der Waals surface area contributed by atoms with Crippen LogP contribution < -0.4 is 10.6 Å². The maximum atomic E-state index is 12.4. The number of carbonyl (C=O) groups excluding carboxylic acids is 2. The Morgan fingerprint density at radius 3 is 2.59 bits per heavy atom. The summed E-state index contributed by atoms with van der Waals surface area (Å²) in [4.78, 5) is 24.3. The molecule has 0 saturated carbocycles. The van der Waals surface area contributed by atoms with E-state index in [-0.39, 0.29) is 22.3 Å². The van der Waals surface area contributed by atoms with Crippen LogP contribution in [0.5, 0.6) is 0 Å². The lowest BCUT2D eigenvalue weighted by Gasteiger charge is -2.07. The van der Waals surface area contributed by atoms with E-state index in [1.54, 1.807) is 10.9 Å². The van der Waals surface area contributed by atoms with Gasteiger partial charge in [-0.2, -0.15) is 10.2 Å². The van der Waals surface area contributed by atoms with Crippen molar-refractivity contribution in [3.63, 3.8) is 0 Å². The van der Waals surface area contributed by atoms with Crippen molar-refractivity contribution < 1.29 is 9.59 Å². The van der Waals surface area contributed by atoms with E-state index in [1.807, 2.05) is 13.8 Å². The van der Waals surface area contributed by atoms with Crippen LogP contribution in [0.3, 0.4) is 0 Å². The van der Waals surface area contributed by atoms with Crippen molar-refractivity contribution in [1.29, 1.82) is 0 Å². The highest BCUT2D eigenvalue weighted by molar-refractivity contribution is 6.34. The predicted molar refractivity (Wildman–Crippen MR) is 82.2 cm³/mol. The summed E-state index contributed by atoms with van der Waals surface area (Å²) in [6.07, 6.45) is 3.01. The Morgan fingerprint density at radius 1 is 1.27 bits per heavy atom. The Bertz CT molecular complexity index is 705. The second-order valence-electron chi connectivity index (χ2n) is 4.44. The zero-order chi connectivity index (χ0) is 16.3. The molecule has 2 amide bonds. The lowest BCUT2D eigenvalue weighted by molar-refractivity contribution is 0.0958. The second kappa shape index (κ2) is 6.61. The zero-order valence-corrected chi connectivity index (χ0v) is 13.3. The molecule has 0 fully saturated rings. The maximum Gasteiger partial charge on any atom is 0.275 e. The number of carbonyl (C=O) groups is 2. The summed E-state index contributed by atoms with van der Waals surface area (Å²) in [5.74, 6) is -0.817. The van der Waals surface area contributed by atoms with Gasteiger partial charge in [0.05, 0.1) is 16.9 Å². The molecule has 8 nitrogen and oxygen atoms in total. The molecule has 0 bridgehead atoms. The molecule has 2 rings (SSSR count). The van der Waals surface area contributed by atoms with Crippen molar-refractivity contribution in [3.8, 4) is 0 Å². The van der Waals surface area contributed by atoms with Gasteiger partial charge in [0, 0.05) is 26.3 Å². The van der Waals surface area contributed by atoms with Gasteiger partial charge in [-0.05, 0) is 13.8 Å². The summed E-state index contributed by atoms with van der Waals surface area (Å²) in [5.41, 5.74) is 0.721. The van der Waals surface area contributed by atoms with Crippen LogP contribution in [0.15, 0.2) is 12.4 Å². The van der Waals surface area contributed by atoms with Crippen molar-refractivity contribution in [1.82, 2.24) is 24.9 Å². The van der Waals surface area contributed by atoms with Gasteiger partial charge in [-0.3, -0.25) is 19.0 Å². The number of aromatic nitrogens is 4. The molecule has 0 aliphatic heterocycles. The van der Waals surface area contributed by atoms with E-state index in [0.29, 0.717) is 18.8 Å². The minimum Gasteiger partial charge on any atom is -0.354 e. The fraction of sp³-hybridized carbons (Fsp3) is 0.385. The zero-order valence-electron chi connectivity index (χ0n) is 12.6. The molecule has 2 aromatic heterocycles. The molecule has 0 aromatic carbocycles. The molecule has 9 heteroatoms. The second-order valence-corrected chi connectivity index (χ2v) is 4.84. The van der Waals surface area contributed by atoms with Gasteiger partial charge >= 0.3 is 0 Å².